The maximum Gasteiger partial charge on any atom is 0.327 e. The molecule has 0 bridgehead atoms. The van der Waals surface area contributed by atoms with Crippen LogP contribution in [0.3, 0.4) is 0 Å². The van der Waals surface area contributed by atoms with Crippen LogP contribution in [0.1, 0.15) is 13.8 Å². The molecule has 0 saturated heterocycles. The van der Waals surface area contributed by atoms with Gasteiger partial charge in [-0.1, -0.05) is 37.6 Å². The fourth-order valence-corrected chi connectivity index (χ4v) is 2.63. The molecule has 0 aliphatic carbocycles. The summed E-state index contributed by atoms with van der Waals surface area (Å²) in [5.41, 5.74) is 1.60. The number of hydrogen-bond acceptors (Lipinski definition) is 2. The van der Waals surface area contributed by atoms with E-state index in [1.54, 1.807) is 24.4 Å². The molecule has 0 spiro atoms. The van der Waals surface area contributed by atoms with Crippen LogP contribution >= 0.6 is 27.5 Å². The predicted molar refractivity (Wildman–Crippen MR) is 92.1 cm³/mol. The van der Waals surface area contributed by atoms with Crippen LogP contribution in [0.4, 0.5) is 4.79 Å². The number of hydrogen-bond donors (Lipinski definition) is 2. The Morgan fingerprint density at radius 3 is 2.55 bits per heavy atom. The van der Waals surface area contributed by atoms with Gasteiger partial charge in [-0.2, -0.15) is 0 Å². The van der Waals surface area contributed by atoms with Gasteiger partial charge in [-0.3, -0.25) is 9.98 Å². The van der Waals surface area contributed by atoms with Gasteiger partial charge in [0.2, 0.25) is 0 Å². The SMILES string of the molecule is CC(C)CNC(=O)n1ccc(Br)c(-c2ccc(Cl)cc2)c1=N. The van der Waals surface area contributed by atoms with E-state index >= 15 is 0 Å². The summed E-state index contributed by atoms with van der Waals surface area (Å²) in [4.78, 5) is 12.2. The first-order valence-electron chi connectivity index (χ1n) is 6.90. The normalized spacial score (nSPS) is 10.8. The van der Waals surface area contributed by atoms with Crippen molar-refractivity contribution < 1.29 is 4.79 Å². The summed E-state index contributed by atoms with van der Waals surface area (Å²) in [6.07, 6.45) is 1.58. The molecule has 4 nitrogen and oxygen atoms in total. The summed E-state index contributed by atoms with van der Waals surface area (Å²) in [5.74, 6) is 0.352. The van der Waals surface area contributed by atoms with Crippen LogP contribution in [0.25, 0.3) is 11.1 Å². The minimum Gasteiger partial charge on any atom is -0.337 e. The Morgan fingerprint density at radius 2 is 1.95 bits per heavy atom. The number of pyridine rings is 1. The zero-order chi connectivity index (χ0) is 16.3. The second-order valence-electron chi connectivity index (χ2n) is 5.34. The van der Waals surface area contributed by atoms with Gasteiger partial charge in [0, 0.05) is 27.8 Å². The Morgan fingerprint density at radius 1 is 1.32 bits per heavy atom. The molecule has 1 aromatic heterocycles. The van der Waals surface area contributed by atoms with E-state index in [1.807, 2.05) is 26.0 Å². The number of benzene rings is 1. The number of nitrogens with one attached hydrogen (secondary N) is 2. The second kappa shape index (κ2) is 7.11. The first-order valence-corrected chi connectivity index (χ1v) is 8.07. The Bertz CT molecular complexity index is 738. The van der Waals surface area contributed by atoms with E-state index < -0.39 is 0 Å². The number of amides is 1. The molecule has 0 radical (unpaired) electrons. The van der Waals surface area contributed by atoms with Crippen LogP contribution in [0.5, 0.6) is 0 Å². The maximum atomic E-state index is 12.2. The third-order valence-corrected chi connectivity index (χ3v) is 4.01. The molecule has 116 valence electrons. The molecule has 2 aromatic rings. The van der Waals surface area contributed by atoms with Crippen LogP contribution in [0, 0.1) is 11.3 Å². The van der Waals surface area contributed by atoms with Crippen molar-refractivity contribution in [3.8, 4) is 11.1 Å². The molecule has 0 fully saturated rings. The van der Waals surface area contributed by atoms with Crippen molar-refractivity contribution in [3.63, 3.8) is 0 Å². The third kappa shape index (κ3) is 3.78. The van der Waals surface area contributed by atoms with Crippen molar-refractivity contribution in [1.29, 1.82) is 5.41 Å². The van der Waals surface area contributed by atoms with Crippen molar-refractivity contribution in [2.45, 2.75) is 13.8 Å². The van der Waals surface area contributed by atoms with E-state index in [0.717, 1.165) is 10.0 Å². The van der Waals surface area contributed by atoms with Gasteiger partial charge < -0.3 is 5.32 Å². The third-order valence-electron chi connectivity index (χ3n) is 3.10. The van der Waals surface area contributed by atoms with E-state index in [1.165, 1.54) is 4.57 Å². The fourth-order valence-electron chi connectivity index (χ4n) is 1.97. The summed E-state index contributed by atoms with van der Waals surface area (Å²) < 4.78 is 2.06. The number of rotatable bonds is 3. The van der Waals surface area contributed by atoms with E-state index in [9.17, 15) is 4.79 Å². The second-order valence-corrected chi connectivity index (χ2v) is 6.63. The lowest BCUT2D eigenvalue weighted by Crippen LogP contribution is -2.38. The lowest BCUT2D eigenvalue weighted by atomic mass is 10.1. The molecular formula is C16H17BrClN3O. The highest BCUT2D eigenvalue weighted by Gasteiger charge is 2.12. The van der Waals surface area contributed by atoms with E-state index in [0.29, 0.717) is 23.0 Å². The van der Waals surface area contributed by atoms with Crippen molar-refractivity contribution >= 4 is 33.6 Å². The minimum absolute atomic E-state index is 0.123. The number of aromatic nitrogens is 1. The highest BCUT2D eigenvalue weighted by atomic mass is 79.9. The molecule has 22 heavy (non-hydrogen) atoms. The Balaban J connectivity index is 2.44. The largest absolute Gasteiger partial charge is 0.337 e. The maximum absolute atomic E-state index is 12.2. The molecular weight excluding hydrogens is 366 g/mol. The van der Waals surface area contributed by atoms with Crippen LogP contribution in [-0.4, -0.2) is 17.1 Å². The summed E-state index contributed by atoms with van der Waals surface area (Å²) >= 11 is 9.35. The van der Waals surface area contributed by atoms with E-state index in [-0.39, 0.29) is 11.5 Å². The molecule has 1 aromatic carbocycles. The van der Waals surface area contributed by atoms with E-state index in [4.69, 9.17) is 17.0 Å². The molecule has 0 unspecified atom stereocenters. The number of halogens is 2. The number of nitrogens with zero attached hydrogens (tertiary/aromatic N) is 1. The molecule has 2 rings (SSSR count). The van der Waals surface area contributed by atoms with E-state index in [2.05, 4.69) is 21.2 Å². The quantitative estimate of drug-likeness (QED) is 0.818. The van der Waals surface area contributed by atoms with Gasteiger partial charge in [0.25, 0.3) is 0 Å². The van der Waals surface area contributed by atoms with Crippen LogP contribution in [0.2, 0.25) is 5.02 Å². The Hall–Kier alpha value is -1.59. The molecule has 1 amide bonds. The predicted octanol–water partition coefficient (Wildman–Crippen LogP) is 4.26. The first kappa shape index (κ1) is 16.8. The summed E-state index contributed by atoms with van der Waals surface area (Å²) in [6.45, 7) is 4.61. The van der Waals surface area contributed by atoms with Gasteiger partial charge in [-0.05, 0) is 45.6 Å². The lowest BCUT2D eigenvalue weighted by molar-refractivity contribution is 0.240. The van der Waals surface area contributed by atoms with Gasteiger partial charge in [-0.15, -0.1) is 0 Å². The van der Waals surface area contributed by atoms with Crippen molar-refractivity contribution in [2.24, 2.45) is 5.92 Å². The summed E-state index contributed by atoms with van der Waals surface area (Å²) in [5, 5.41) is 11.8. The van der Waals surface area contributed by atoms with Crippen molar-refractivity contribution in [1.82, 2.24) is 9.88 Å². The van der Waals surface area contributed by atoms with Crippen molar-refractivity contribution in [3.05, 3.63) is 51.5 Å². The van der Waals surface area contributed by atoms with Crippen LogP contribution < -0.4 is 10.8 Å². The fraction of sp³-hybridized carbons (Fsp3) is 0.250. The number of carbonyl (C=O) groups is 1. The average molecular weight is 383 g/mol. The lowest BCUT2D eigenvalue weighted by Gasteiger charge is -2.13. The Labute approximate surface area is 142 Å². The molecule has 0 saturated carbocycles. The summed E-state index contributed by atoms with van der Waals surface area (Å²) in [6, 6.07) is 8.64. The van der Waals surface area contributed by atoms with Crippen LogP contribution in [-0.2, 0) is 0 Å². The van der Waals surface area contributed by atoms with Crippen molar-refractivity contribution in [2.75, 3.05) is 6.54 Å². The smallest absolute Gasteiger partial charge is 0.327 e. The Kier molecular flexibility index (Phi) is 5.42. The first-order chi connectivity index (χ1) is 10.4. The zero-order valence-corrected chi connectivity index (χ0v) is 14.7. The zero-order valence-electron chi connectivity index (χ0n) is 12.4. The average Bonchev–Trinajstić information content (AvgIpc) is 2.47. The standard InChI is InChI=1S/C16H17BrClN3O/c1-10(2)9-20-16(22)21-8-7-13(17)14(15(21)19)11-3-5-12(18)6-4-11/h3-8,10,19H,9H2,1-2H3,(H,20,22). The molecule has 2 N–H and O–H groups in total. The molecule has 0 aliphatic heterocycles. The highest BCUT2D eigenvalue weighted by molar-refractivity contribution is 9.10. The van der Waals surface area contributed by atoms with Gasteiger partial charge in [-0.25, -0.2) is 4.79 Å². The summed E-state index contributed by atoms with van der Waals surface area (Å²) in [7, 11) is 0. The van der Waals surface area contributed by atoms with Gasteiger partial charge >= 0.3 is 6.03 Å². The van der Waals surface area contributed by atoms with Gasteiger partial charge in [0.15, 0.2) is 0 Å². The minimum atomic E-state index is -0.304. The molecule has 0 aliphatic rings. The molecule has 0 atom stereocenters. The van der Waals surface area contributed by atoms with Gasteiger partial charge in [0.1, 0.15) is 5.49 Å². The molecule has 1 heterocycles. The number of carbonyl (C=O) groups excluding carboxylic acids is 1. The van der Waals surface area contributed by atoms with Gasteiger partial charge in [0.05, 0.1) is 0 Å². The highest BCUT2D eigenvalue weighted by Crippen LogP contribution is 2.25. The topological polar surface area (TPSA) is 57.9 Å². The monoisotopic (exact) mass is 381 g/mol. The van der Waals surface area contributed by atoms with Crippen LogP contribution in [0.15, 0.2) is 41.0 Å². The molecule has 6 heteroatoms.